The van der Waals surface area contributed by atoms with Crippen molar-refractivity contribution in [3.8, 4) is 0 Å². The zero-order valence-electron chi connectivity index (χ0n) is 6.20. The van der Waals surface area contributed by atoms with Crippen LogP contribution in [0.5, 0.6) is 0 Å². The number of nitrogens with zero attached hydrogens (tertiary/aromatic N) is 1. The molecule has 11 heavy (non-hydrogen) atoms. The van der Waals surface area contributed by atoms with Crippen LogP contribution in [-0.2, 0) is 13.3 Å². The molecule has 0 bridgehead atoms. The lowest BCUT2D eigenvalue weighted by atomic mass is 10.3. The number of pyridine rings is 1. The van der Waals surface area contributed by atoms with Gasteiger partial charge < -0.3 is 5.11 Å². The maximum atomic E-state index is 8.77. The van der Waals surface area contributed by atoms with E-state index in [-0.39, 0.29) is 6.61 Å². The fourth-order valence-electron chi connectivity index (χ4n) is 0.874. The van der Waals surface area contributed by atoms with Crippen molar-refractivity contribution >= 4 is 0 Å². The zero-order valence-corrected chi connectivity index (χ0v) is 6.20. The predicted octanol–water partition coefficient (Wildman–Crippen LogP) is -1.11. The SMILES string of the molecule is NNC[n+]1cccc(CO)c1. The molecular formula is C7H12N3O+. The van der Waals surface area contributed by atoms with Gasteiger partial charge in [-0.2, -0.15) is 4.57 Å². The molecule has 0 aromatic carbocycles. The van der Waals surface area contributed by atoms with E-state index in [1.807, 2.05) is 29.1 Å². The maximum absolute atomic E-state index is 8.77. The van der Waals surface area contributed by atoms with E-state index in [0.29, 0.717) is 6.67 Å². The van der Waals surface area contributed by atoms with Gasteiger partial charge in [-0.3, -0.25) is 5.84 Å². The Hall–Kier alpha value is -0.970. The van der Waals surface area contributed by atoms with Gasteiger partial charge in [0.25, 0.3) is 0 Å². The number of nitrogens with one attached hydrogen (secondary N) is 1. The highest BCUT2D eigenvalue weighted by Crippen LogP contribution is 1.91. The molecule has 1 rings (SSSR count). The molecule has 0 radical (unpaired) electrons. The van der Waals surface area contributed by atoms with E-state index in [0.717, 1.165) is 5.56 Å². The molecule has 1 aromatic rings. The average Bonchev–Trinajstić information content (AvgIpc) is 2.06. The smallest absolute Gasteiger partial charge is 0.214 e. The highest BCUT2D eigenvalue weighted by Gasteiger charge is 1.98. The summed E-state index contributed by atoms with van der Waals surface area (Å²) < 4.78 is 1.85. The standard InChI is InChI=1S/C7H12N3O/c8-9-6-10-3-1-2-7(4-10)5-11/h1-4,9,11H,5-6,8H2/q+1. The van der Waals surface area contributed by atoms with Crippen molar-refractivity contribution in [2.75, 3.05) is 0 Å². The number of rotatable bonds is 3. The molecule has 4 N–H and O–H groups in total. The van der Waals surface area contributed by atoms with E-state index in [1.165, 1.54) is 0 Å². The fraction of sp³-hybridized carbons (Fsp3) is 0.286. The van der Waals surface area contributed by atoms with Gasteiger partial charge in [-0.25, -0.2) is 5.43 Å². The first-order valence-corrected chi connectivity index (χ1v) is 3.39. The summed E-state index contributed by atoms with van der Waals surface area (Å²) in [5, 5.41) is 8.77. The van der Waals surface area contributed by atoms with Crippen LogP contribution in [0, 0.1) is 0 Å². The van der Waals surface area contributed by atoms with Gasteiger partial charge in [-0.1, -0.05) is 0 Å². The molecule has 0 amide bonds. The Morgan fingerprint density at radius 2 is 2.45 bits per heavy atom. The van der Waals surface area contributed by atoms with Crippen molar-refractivity contribution in [3.05, 3.63) is 30.1 Å². The van der Waals surface area contributed by atoms with Gasteiger partial charge in [0.05, 0.1) is 6.61 Å². The Bertz CT molecular complexity index is 227. The van der Waals surface area contributed by atoms with Crippen LogP contribution < -0.4 is 15.8 Å². The molecule has 0 saturated carbocycles. The first-order chi connectivity index (χ1) is 5.36. The number of aliphatic hydroxyl groups is 1. The van der Waals surface area contributed by atoms with E-state index >= 15 is 0 Å². The third-order valence-electron chi connectivity index (χ3n) is 1.38. The van der Waals surface area contributed by atoms with E-state index in [4.69, 9.17) is 10.9 Å². The average molecular weight is 154 g/mol. The summed E-state index contributed by atoms with van der Waals surface area (Å²) in [5.74, 6) is 5.12. The van der Waals surface area contributed by atoms with Crippen LogP contribution in [0.1, 0.15) is 5.56 Å². The van der Waals surface area contributed by atoms with Crippen LogP contribution >= 0.6 is 0 Å². The highest BCUT2D eigenvalue weighted by atomic mass is 16.3. The van der Waals surface area contributed by atoms with Gasteiger partial charge >= 0.3 is 0 Å². The summed E-state index contributed by atoms with van der Waals surface area (Å²) in [6.07, 6.45) is 3.71. The Morgan fingerprint density at radius 3 is 3.09 bits per heavy atom. The Morgan fingerprint density at radius 1 is 1.64 bits per heavy atom. The van der Waals surface area contributed by atoms with Crippen molar-refractivity contribution in [2.24, 2.45) is 5.84 Å². The third-order valence-corrected chi connectivity index (χ3v) is 1.38. The van der Waals surface area contributed by atoms with Gasteiger partial charge in [0, 0.05) is 11.6 Å². The Kier molecular flexibility index (Phi) is 2.97. The second-order valence-electron chi connectivity index (χ2n) is 2.25. The van der Waals surface area contributed by atoms with Crippen LogP contribution in [0.15, 0.2) is 24.5 Å². The number of hydrogen-bond donors (Lipinski definition) is 3. The predicted molar refractivity (Wildman–Crippen MR) is 39.9 cm³/mol. The summed E-state index contributed by atoms with van der Waals surface area (Å²) in [7, 11) is 0. The molecule has 0 atom stereocenters. The molecule has 1 heterocycles. The number of nitrogens with two attached hydrogens (primary N) is 1. The minimum atomic E-state index is 0.0609. The quantitative estimate of drug-likeness (QED) is 0.294. The molecule has 0 aliphatic heterocycles. The number of aromatic nitrogens is 1. The summed E-state index contributed by atoms with van der Waals surface area (Å²) in [6.45, 7) is 0.610. The lowest BCUT2D eigenvalue weighted by Gasteiger charge is -1.96. The number of hydrazine groups is 1. The number of hydrogen-bond acceptors (Lipinski definition) is 3. The zero-order chi connectivity index (χ0) is 8.10. The molecule has 1 aromatic heterocycles. The molecule has 60 valence electrons. The van der Waals surface area contributed by atoms with E-state index in [9.17, 15) is 0 Å². The Labute approximate surface area is 65.2 Å². The molecule has 0 fully saturated rings. The van der Waals surface area contributed by atoms with Gasteiger partial charge in [0.15, 0.2) is 12.4 Å². The fourth-order valence-corrected chi connectivity index (χ4v) is 0.874. The van der Waals surface area contributed by atoms with Gasteiger partial charge in [-0.15, -0.1) is 0 Å². The minimum absolute atomic E-state index is 0.0609. The van der Waals surface area contributed by atoms with E-state index in [2.05, 4.69) is 5.43 Å². The van der Waals surface area contributed by atoms with Crippen LogP contribution in [-0.4, -0.2) is 5.11 Å². The van der Waals surface area contributed by atoms with Gasteiger partial charge in [-0.05, 0) is 6.07 Å². The lowest BCUT2D eigenvalue weighted by Crippen LogP contribution is -2.43. The van der Waals surface area contributed by atoms with Crippen molar-refractivity contribution in [1.82, 2.24) is 5.43 Å². The Balaban J connectivity index is 2.74. The molecular weight excluding hydrogens is 142 g/mol. The molecule has 4 heteroatoms. The van der Waals surface area contributed by atoms with Gasteiger partial charge in [0.1, 0.15) is 0 Å². The second-order valence-corrected chi connectivity index (χ2v) is 2.25. The monoisotopic (exact) mass is 154 g/mol. The topological polar surface area (TPSA) is 62.2 Å². The lowest BCUT2D eigenvalue weighted by molar-refractivity contribution is -0.702. The summed E-state index contributed by atoms with van der Waals surface area (Å²) >= 11 is 0. The van der Waals surface area contributed by atoms with Crippen LogP contribution in [0.2, 0.25) is 0 Å². The molecule has 0 spiro atoms. The summed E-state index contributed by atoms with van der Waals surface area (Å²) in [5.41, 5.74) is 3.39. The largest absolute Gasteiger partial charge is 0.391 e. The number of aliphatic hydroxyl groups excluding tert-OH is 1. The minimum Gasteiger partial charge on any atom is -0.391 e. The molecule has 0 unspecified atom stereocenters. The van der Waals surface area contributed by atoms with E-state index < -0.39 is 0 Å². The van der Waals surface area contributed by atoms with Crippen LogP contribution in [0.3, 0.4) is 0 Å². The molecule has 0 saturated heterocycles. The first-order valence-electron chi connectivity index (χ1n) is 3.39. The van der Waals surface area contributed by atoms with Crippen molar-refractivity contribution < 1.29 is 9.67 Å². The molecule has 4 nitrogen and oxygen atoms in total. The van der Waals surface area contributed by atoms with Crippen LogP contribution in [0.4, 0.5) is 0 Å². The maximum Gasteiger partial charge on any atom is 0.214 e. The summed E-state index contributed by atoms with van der Waals surface area (Å²) in [6, 6.07) is 3.72. The third kappa shape index (κ3) is 2.27. The normalized spacial score (nSPS) is 10.0. The highest BCUT2D eigenvalue weighted by molar-refractivity contribution is 5.02. The molecule has 0 aliphatic rings. The van der Waals surface area contributed by atoms with Crippen molar-refractivity contribution in [2.45, 2.75) is 13.3 Å². The van der Waals surface area contributed by atoms with E-state index in [1.54, 1.807) is 0 Å². The van der Waals surface area contributed by atoms with Crippen LogP contribution in [0.25, 0.3) is 0 Å². The molecule has 0 aliphatic carbocycles. The van der Waals surface area contributed by atoms with Crippen molar-refractivity contribution in [1.29, 1.82) is 0 Å². The first kappa shape index (κ1) is 8.13. The summed E-state index contributed by atoms with van der Waals surface area (Å²) in [4.78, 5) is 0. The van der Waals surface area contributed by atoms with Crippen molar-refractivity contribution in [3.63, 3.8) is 0 Å². The van der Waals surface area contributed by atoms with Gasteiger partial charge in [0.2, 0.25) is 6.67 Å². The second kappa shape index (κ2) is 4.02.